The van der Waals surface area contributed by atoms with Crippen LogP contribution in [0.1, 0.15) is 62.1 Å². The Balaban J connectivity index is 1.77. The van der Waals surface area contributed by atoms with E-state index >= 15 is 0 Å². The van der Waals surface area contributed by atoms with Gasteiger partial charge in [0.2, 0.25) is 5.91 Å². The van der Waals surface area contributed by atoms with Crippen LogP contribution in [-0.2, 0) is 16.1 Å². The summed E-state index contributed by atoms with van der Waals surface area (Å²) in [6.45, 7) is 6.09. The molecular weight excluding hydrogens is 436 g/mol. The van der Waals surface area contributed by atoms with E-state index in [1.807, 2.05) is 57.2 Å². The summed E-state index contributed by atoms with van der Waals surface area (Å²) < 4.78 is 5.82. The fraction of sp³-hybridized carbons (Fsp3) is 0.481. The number of carbonyl (C=O) groups excluding carboxylic acids is 2. The monoisotopic (exact) mass is 470 g/mol. The maximum Gasteiger partial charge on any atom is 0.261 e. The van der Waals surface area contributed by atoms with Gasteiger partial charge in [0.05, 0.1) is 0 Å². The number of ether oxygens (including phenoxy) is 1. The molecule has 0 aliphatic heterocycles. The zero-order valence-electron chi connectivity index (χ0n) is 19.9. The maximum atomic E-state index is 13.4. The number of aryl methyl sites for hydroxylation is 2. The van der Waals surface area contributed by atoms with Crippen molar-refractivity contribution in [3.05, 3.63) is 64.2 Å². The van der Waals surface area contributed by atoms with Gasteiger partial charge in [-0.15, -0.1) is 0 Å². The van der Waals surface area contributed by atoms with E-state index in [0.29, 0.717) is 17.2 Å². The fourth-order valence-corrected chi connectivity index (χ4v) is 4.50. The first kappa shape index (κ1) is 25.1. The van der Waals surface area contributed by atoms with Gasteiger partial charge in [-0.1, -0.05) is 62.1 Å². The molecule has 3 rings (SSSR count). The molecule has 1 unspecified atom stereocenters. The highest BCUT2D eigenvalue weighted by molar-refractivity contribution is 6.31. The second kappa shape index (κ2) is 12.1. The quantitative estimate of drug-likeness (QED) is 0.519. The van der Waals surface area contributed by atoms with Gasteiger partial charge in [-0.3, -0.25) is 9.59 Å². The summed E-state index contributed by atoms with van der Waals surface area (Å²) in [5, 5.41) is 3.76. The van der Waals surface area contributed by atoms with E-state index in [9.17, 15) is 9.59 Å². The van der Waals surface area contributed by atoms with Crippen molar-refractivity contribution >= 4 is 23.4 Å². The largest absolute Gasteiger partial charge is 0.484 e. The molecule has 2 amide bonds. The van der Waals surface area contributed by atoms with Crippen molar-refractivity contribution in [2.45, 2.75) is 77.9 Å². The van der Waals surface area contributed by atoms with Gasteiger partial charge < -0.3 is 15.0 Å². The minimum absolute atomic E-state index is 0.101. The van der Waals surface area contributed by atoms with Crippen LogP contribution in [0, 0.1) is 13.8 Å². The van der Waals surface area contributed by atoms with Gasteiger partial charge in [0, 0.05) is 17.6 Å². The number of hydrogen-bond acceptors (Lipinski definition) is 3. The zero-order chi connectivity index (χ0) is 23.8. The summed E-state index contributed by atoms with van der Waals surface area (Å²) in [6.07, 6.45) is 5.99. The Kier molecular flexibility index (Phi) is 9.19. The van der Waals surface area contributed by atoms with Gasteiger partial charge in [-0.25, -0.2) is 0 Å². The molecule has 0 aromatic heterocycles. The summed E-state index contributed by atoms with van der Waals surface area (Å²) >= 11 is 6.39. The number of halogens is 1. The Morgan fingerprint density at radius 2 is 1.82 bits per heavy atom. The Labute approximate surface area is 202 Å². The average Bonchev–Trinajstić information content (AvgIpc) is 2.81. The second-order valence-electron chi connectivity index (χ2n) is 8.92. The molecule has 0 saturated heterocycles. The molecule has 1 aliphatic rings. The van der Waals surface area contributed by atoms with Gasteiger partial charge in [0.1, 0.15) is 11.8 Å². The molecule has 178 valence electrons. The van der Waals surface area contributed by atoms with Gasteiger partial charge in [0.25, 0.3) is 5.91 Å². The van der Waals surface area contributed by atoms with E-state index in [1.165, 1.54) is 12.0 Å². The van der Waals surface area contributed by atoms with Crippen molar-refractivity contribution in [2.75, 3.05) is 6.61 Å². The van der Waals surface area contributed by atoms with E-state index < -0.39 is 6.04 Å². The normalized spacial score (nSPS) is 15.0. The van der Waals surface area contributed by atoms with E-state index in [2.05, 4.69) is 5.32 Å². The minimum Gasteiger partial charge on any atom is -0.484 e. The first-order chi connectivity index (χ1) is 15.9. The molecule has 2 aromatic rings. The van der Waals surface area contributed by atoms with Gasteiger partial charge >= 0.3 is 0 Å². The summed E-state index contributed by atoms with van der Waals surface area (Å²) in [6, 6.07) is 12.8. The number of hydrogen-bond donors (Lipinski definition) is 1. The molecule has 0 bridgehead atoms. The molecule has 2 aromatic carbocycles. The standard InChI is InChI=1S/C27H35ClN2O3/c1-4-25(27(32)29-22-11-6-5-7-12-22)30(17-21-10-8-9-13-24(21)28)26(31)18-33-23-15-14-19(2)20(3)16-23/h8-10,13-16,22,25H,4-7,11-12,17-18H2,1-3H3,(H,29,32). The molecule has 0 spiro atoms. The second-order valence-corrected chi connectivity index (χ2v) is 9.32. The average molecular weight is 471 g/mol. The molecule has 1 fully saturated rings. The first-order valence-corrected chi connectivity index (χ1v) is 12.3. The van der Waals surface area contributed by atoms with Crippen LogP contribution in [0.2, 0.25) is 5.02 Å². The number of rotatable bonds is 9. The van der Waals surface area contributed by atoms with Crippen molar-refractivity contribution in [3.8, 4) is 5.75 Å². The molecular formula is C27H35ClN2O3. The smallest absolute Gasteiger partial charge is 0.261 e. The van der Waals surface area contributed by atoms with Crippen LogP contribution in [0.5, 0.6) is 5.75 Å². The molecule has 33 heavy (non-hydrogen) atoms. The van der Waals surface area contributed by atoms with Gasteiger partial charge in [0.15, 0.2) is 6.61 Å². The lowest BCUT2D eigenvalue weighted by Gasteiger charge is -2.33. The van der Waals surface area contributed by atoms with Crippen molar-refractivity contribution in [3.63, 3.8) is 0 Å². The maximum absolute atomic E-state index is 13.4. The third kappa shape index (κ3) is 6.97. The zero-order valence-corrected chi connectivity index (χ0v) is 20.7. The van der Waals surface area contributed by atoms with Gasteiger partial charge in [-0.05, 0) is 68.0 Å². The molecule has 1 N–H and O–H groups in total. The third-order valence-electron chi connectivity index (χ3n) is 6.48. The number of amides is 2. The van der Waals surface area contributed by atoms with Crippen LogP contribution < -0.4 is 10.1 Å². The molecule has 1 saturated carbocycles. The first-order valence-electron chi connectivity index (χ1n) is 11.9. The molecule has 0 heterocycles. The topological polar surface area (TPSA) is 58.6 Å². The predicted molar refractivity (Wildman–Crippen MR) is 133 cm³/mol. The van der Waals surface area contributed by atoms with E-state index in [0.717, 1.165) is 36.8 Å². The molecule has 5 nitrogen and oxygen atoms in total. The van der Waals surface area contributed by atoms with Crippen molar-refractivity contribution in [1.29, 1.82) is 0 Å². The number of nitrogens with zero attached hydrogens (tertiary/aromatic N) is 1. The van der Waals surface area contributed by atoms with Crippen molar-refractivity contribution in [1.82, 2.24) is 10.2 Å². The van der Waals surface area contributed by atoms with Crippen LogP contribution in [0.3, 0.4) is 0 Å². The lowest BCUT2D eigenvalue weighted by atomic mass is 9.95. The molecule has 1 atom stereocenters. The summed E-state index contributed by atoms with van der Waals surface area (Å²) in [5.41, 5.74) is 3.08. The van der Waals surface area contributed by atoms with E-state index in [1.54, 1.807) is 11.0 Å². The molecule has 6 heteroatoms. The highest BCUT2D eigenvalue weighted by atomic mass is 35.5. The number of nitrogens with one attached hydrogen (secondary N) is 1. The third-order valence-corrected chi connectivity index (χ3v) is 6.85. The van der Waals surface area contributed by atoms with Crippen LogP contribution in [0.4, 0.5) is 0 Å². The minimum atomic E-state index is -0.584. The van der Waals surface area contributed by atoms with Crippen molar-refractivity contribution in [2.24, 2.45) is 0 Å². The lowest BCUT2D eigenvalue weighted by Crippen LogP contribution is -2.52. The van der Waals surface area contributed by atoms with E-state index in [-0.39, 0.29) is 31.0 Å². The summed E-state index contributed by atoms with van der Waals surface area (Å²) in [7, 11) is 0. The Morgan fingerprint density at radius 1 is 1.09 bits per heavy atom. The van der Waals surface area contributed by atoms with E-state index in [4.69, 9.17) is 16.3 Å². The van der Waals surface area contributed by atoms with Crippen molar-refractivity contribution < 1.29 is 14.3 Å². The predicted octanol–water partition coefficient (Wildman–Crippen LogP) is 5.59. The highest BCUT2D eigenvalue weighted by Gasteiger charge is 2.31. The van der Waals surface area contributed by atoms with Gasteiger partial charge in [-0.2, -0.15) is 0 Å². The SMILES string of the molecule is CCC(C(=O)NC1CCCCC1)N(Cc1ccccc1Cl)C(=O)COc1ccc(C)c(C)c1. The van der Waals surface area contributed by atoms with Crippen LogP contribution in [-0.4, -0.2) is 35.4 Å². The fourth-order valence-electron chi connectivity index (χ4n) is 4.31. The van der Waals surface area contributed by atoms with Crippen LogP contribution >= 0.6 is 11.6 Å². The Morgan fingerprint density at radius 3 is 2.48 bits per heavy atom. The number of benzene rings is 2. The summed E-state index contributed by atoms with van der Waals surface area (Å²) in [5.74, 6) is 0.304. The lowest BCUT2D eigenvalue weighted by molar-refractivity contribution is -0.143. The van der Waals surface area contributed by atoms with Crippen LogP contribution in [0.15, 0.2) is 42.5 Å². The Hall–Kier alpha value is -2.53. The van der Waals surface area contributed by atoms with Crippen LogP contribution in [0.25, 0.3) is 0 Å². The Bertz CT molecular complexity index is 956. The number of carbonyl (C=O) groups is 2. The molecule has 1 aliphatic carbocycles. The highest BCUT2D eigenvalue weighted by Crippen LogP contribution is 2.22. The molecule has 0 radical (unpaired) electrons. The summed E-state index contributed by atoms with van der Waals surface area (Å²) in [4.78, 5) is 28.2.